The molecule has 174 valence electrons. The second-order valence-corrected chi connectivity index (χ2v) is 10.0. The molecule has 0 aromatic heterocycles. The van der Waals surface area contributed by atoms with Crippen LogP contribution in [-0.2, 0) is 34.2 Å². The highest BCUT2D eigenvalue weighted by molar-refractivity contribution is 7.85. The number of carbonyl (C=O) groups excluding carboxylic acids is 1. The Morgan fingerprint density at radius 1 is 1.25 bits per heavy atom. The predicted molar refractivity (Wildman–Crippen MR) is 126 cm³/mol. The van der Waals surface area contributed by atoms with E-state index in [2.05, 4.69) is 47.6 Å². The van der Waals surface area contributed by atoms with Crippen LogP contribution in [0.25, 0.3) is 0 Å². The number of likely N-dealkylation sites (N-methyl/N-ethyl adjacent to an activating group) is 1. The Kier molecular flexibility index (Phi) is 7.92. The third kappa shape index (κ3) is 6.79. The lowest BCUT2D eigenvalue weighted by molar-refractivity contribution is -0.115. The molecule has 4 rings (SSSR count). The number of benzene rings is 2. The zero-order valence-corrected chi connectivity index (χ0v) is 19.7. The Bertz CT molecular complexity index is 1060. The summed E-state index contributed by atoms with van der Waals surface area (Å²) >= 11 is 0. The second kappa shape index (κ2) is 10.5. The van der Waals surface area contributed by atoms with Gasteiger partial charge >= 0.3 is 0 Å². The van der Waals surface area contributed by atoms with Crippen LogP contribution in [0.2, 0.25) is 0 Å². The normalized spacial score (nSPS) is 17.2. The number of fused-ring (bicyclic) bond motifs is 2. The molecule has 0 unspecified atom stereocenters. The summed E-state index contributed by atoms with van der Waals surface area (Å²) in [6.07, 6.45) is 5.85. The van der Waals surface area contributed by atoms with Gasteiger partial charge in [-0.1, -0.05) is 24.3 Å². The van der Waals surface area contributed by atoms with Gasteiger partial charge in [0.05, 0.1) is 19.8 Å². The Hall–Kier alpha value is -2.42. The maximum Gasteiger partial charge on any atom is 0.261 e. The monoisotopic (exact) mass is 460 g/mol. The van der Waals surface area contributed by atoms with Crippen LogP contribution < -0.4 is 10.1 Å². The molecule has 0 bridgehead atoms. The van der Waals surface area contributed by atoms with Gasteiger partial charge in [-0.2, -0.15) is 8.42 Å². The smallest absolute Gasteiger partial charge is 0.261 e. The molecule has 2 aromatic rings. The van der Waals surface area contributed by atoms with Crippen molar-refractivity contribution in [3.05, 3.63) is 58.7 Å². The van der Waals surface area contributed by atoms with E-state index < -0.39 is 10.1 Å². The van der Waals surface area contributed by atoms with Gasteiger partial charge < -0.3 is 15.0 Å². The van der Waals surface area contributed by atoms with Crippen molar-refractivity contribution in [2.45, 2.75) is 38.0 Å². The van der Waals surface area contributed by atoms with Gasteiger partial charge in [0.2, 0.25) is 5.91 Å². The molecule has 2 aliphatic rings. The van der Waals surface area contributed by atoms with Crippen LogP contribution >= 0.6 is 0 Å². The van der Waals surface area contributed by atoms with Gasteiger partial charge in [-0.05, 0) is 73.0 Å². The minimum absolute atomic E-state index is 0.102. The van der Waals surface area contributed by atoms with Crippen LogP contribution in [0, 0.1) is 0 Å². The van der Waals surface area contributed by atoms with Gasteiger partial charge in [0.1, 0.15) is 5.75 Å². The molecule has 1 amide bonds. The SMILES string of the molecule is COc1cccc2c1CCC[C@H]2CN(C)CCc1ccc2c(c1)CC(=O)N2.CS(=O)(=O)O. The number of rotatable bonds is 6. The summed E-state index contributed by atoms with van der Waals surface area (Å²) in [7, 11) is 0.317. The van der Waals surface area contributed by atoms with E-state index in [0.29, 0.717) is 18.6 Å². The van der Waals surface area contributed by atoms with Crippen LogP contribution in [0.4, 0.5) is 5.69 Å². The third-order valence-corrected chi connectivity index (χ3v) is 5.92. The minimum Gasteiger partial charge on any atom is -0.496 e. The zero-order valence-electron chi connectivity index (χ0n) is 18.9. The Morgan fingerprint density at radius 2 is 2.00 bits per heavy atom. The predicted octanol–water partition coefficient (Wildman–Crippen LogP) is 3.29. The molecule has 1 atom stereocenters. The lowest BCUT2D eigenvalue weighted by Gasteiger charge is -2.30. The van der Waals surface area contributed by atoms with E-state index in [9.17, 15) is 13.2 Å². The van der Waals surface area contributed by atoms with Gasteiger partial charge in [0, 0.05) is 18.8 Å². The summed E-state index contributed by atoms with van der Waals surface area (Å²) in [6, 6.07) is 12.8. The van der Waals surface area contributed by atoms with Crippen LogP contribution in [-0.4, -0.2) is 57.3 Å². The van der Waals surface area contributed by atoms with E-state index in [1.165, 1.54) is 29.5 Å². The van der Waals surface area contributed by atoms with Crippen LogP contribution in [0.15, 0.2) is 36.4 Å². The molecular weight excluding hydrogens is 428 g/mol. The highest BCUT2D eigenvalue weighted by Gasteiger charge is 2.24. The standard InChI is InChI=1S/C23H28N2O2.CH4O3S/c1-25(12-11-16-9-10-21-18(13-16)14-23(26)24-21)15-17-5-3-7-20-19(17)6-4-8-22(20)27-2;1-5(2,3)4/h4,6,8-10,13,17H,3,5,7,11-12,14-15H2,1-2H3,(H,24,26);1H3,(H,2,3,4)/t17-;/m0./s1. The van der Waals surface area contributed by atoms with Crippen LogP contribution in [0.1, 0.15) is 41.0 Å². The van der Waals surface area contributed by atoms with Crippen molar-refractivity contribution in [3.63, 3.8) is 0 Å². The first kappa shape index (κ1) is 24.2. The molecule has 1 heterocycles. The fourth-order valence-electron chi connectivity index (χ4n) is 4.52. The number of nitrogens with zero attached hydrogens (tertiary/aromatic N) is 1. The zero-order chi connectivity index (χ0) is 23.3. The van der Waals surface area contributed by atoms with Crippen LogP contribution in [0.3, 0.4) is 0 Å². The number of nitrogens with one attached hydrogen (secondary N) is 1. The Morgan fingerprint density at radius 3 is 2.72 bits per heavy atom. The maximum absolute atomic E-state index is 11.5. The Labute approximate surface area is 190 Å². The molecule has 2 N–H and O–H groups in total. The maximum atomic E-state index is 11.5. The van der Waals surface area contributed by atoms with Crippen molar-refractivity contribution in [1.82, 2.24) is 4.90 Å². The molecule has 8 heteroatoms. The van der Waals surface area contributed by atoms with E-state index in [1.54, 1.807) is 7.11 Å². The van der Waals surface area contributed by atoms with Crippen LogP contribution in [0.5, 0.6) is 5.75 Å². The van der Waals surface area contributed by atoms with Gasteiger partial charge in [0.25, 0.3) is 10.1 Å². The largest absolute Gasteiger partial charge is 0.496 e. The number of anilines is 1. The number of hydrogen-bond acceptors (Lipinski definition) is 5. The number of amides is 1. The first-order valence-corrected chi connectivity index (χ1v) is 12.7. The van der Waals surface area contributed by atoms with E-state index in [4.69, 9.17) is 9.29 Å². The molecule has 7 nitrogen and oxygen atoms in total. The Balaban J connectivity index is 0.000000523. The molecule has 0 saturated carbocycles. The molecule has 1 aliphatic carbocycles. The first-order valence-electron chi connectivity index (χ1n) is 10.8. The lowest BCUT2D eigenvalue weighted by Crippen LogP contribution is -2.28. The fraction of sp³-hybridized carbons (Fsp3) is 0.458. The quantitative estimate of drug-likeness (QED) is 0.643. The van der Waals surface area contributed by atoms with E-state index in [0.717, 1.165) is 42.9 Å². The van der Waals surface area contributed by atoms with Gasteiger partial charge in [-0.25, -0.2) is 0 Å². The summed E-state index contributed by atoms with van der Waals surface area (Å²) < 4.78 is 31.4. The summed E-state index contributed by atoms with van der Waals surface area (Å²) in [6.45, 7) is 2.10. The third-order valence-electron chi connectivity index (χ3n) is 5.92. The summed E-state index contributed by atoms with van der Waals surface area (Å²) in [5.74, 6) is 1.72. The number of methoxy groups -OCH3 is 1. The lowest BCUT2D eigenvalue weighted by atomic mass is 9.82. The number of carbonyl (C=O) groups is 1. The topological polar surface area (TPSA) is 95.9 Å². The fourth-order valence-corrected chi connectivity index (χ4v) is 4.52. The molecule has 0 radical (unpaired) electrons. The molecule has 1 aliphatic heterocycles. The van der Waals surface area contributed by atoms with E-state index in [-0.39, 0.29) is 5.91 Å². The molecule has 0 fully saturated rings. The summed E-state index contributed by atoms with van der Waals surface area (Å²) in [5, 5.41) is 2.90. The van der Waals surface area contributed by atoms with Crippen molar-refractivity contribution in [2.24, 2.45) is 0 Å². The molecule has 0 spiro atoms. The second-order valence-electron chi connectivity index (χ2n) is 8.58. The van der Waals surface area contributed by atoms with Gasteiger partial charge in [0.15, 0.2) is 0 Å². The van der Waals surface area contributed by atoms with Crippen molar-refractivity contribution in [1.29, 1.82) is 0 Å². The van der Waals surface area contributed by atoms with Crippen molar-refractivity contribution >= 4 is 21.7 Å². The molecule has 32 heavy (non-hydrogen) atoms. The number of ether oxygens (including phenoxy) is 1. The van der Waals surface area contributed by atoms with Gasteiger partial charge in [-0.15, -0.1) is 0 Å². The van der Waals surface area contributed by atoms with Gasteiger partial charge in [-0.3, -0.25) is 9.35 Å². The average Bonchev–Trinajstić information content (AvgIpc) is 3.10. The van der Waals surface area contributed by atoms with E-state index in [1.807, 2.05) is 6.07 Å². The minimum atomic E-state index is -3.67. The first-order chi connectivity index (χ1) is 15.1. The van der Waals surface area contributed by atoms with Crippen molar-refractivity contribution in [2.75, 3.05) is 38.8 Å². The summed E-state index contributed by atoms with van der Waals surface area (Å²) in [4.78, 5) is 14.0. The molecule has 0 saturated heterocycles. The highest BCUT2D eigenvalue weighted by Crippen LogP contribution is 2.37. The summed E-state index contributed by atoms with van der Waals surface area (Å²) in [5.41, 5.74) is 6.29. The van der Waals surface area contributed by atoms with Crippen molar-refractivity contribution < 1.29 is 22.5 Å². The number of hydrogen-bond donors (Lipinski definition) is 2. The highest BCUT2D eigenvalue weighted by atomic mass is 32.2. The van der Waals surface area contributed by atoms with E-state index >= 15 is 0 Å². The molecular formula is C24H32N2O5S. The molecule has 2 aromatic carbocycles. The van der Waals surface area contributed by atoms with Crippen molar-refractivity contribution in [3.8, 4) is 5.75 Å². The average molecular weight is 461 g/mol.